The number of benzene rings is 2. The molecule has 0 radical (unpaired) electrons. The lowest BCUT2D eigenvalue weighted by atomic mass is 9.81. The second-order valence-electron chi connectivity index (χ2n) is 7.20. The fourth-order valence-electron chi connectivity index (χ4n) is 4.05. The summed E-state index contributed by atoms with van der Waals surface area (Å²) in [7, 11) is 2.06. The highest BCUT2D eigenvalue weighted by Gasteiger charge is 2.38. The number of pyridine rings is 1. The van der Waals surface area contributed by atoms with Crippen LogP contribution >= 0.6 is 0 Å². The quantitative estimate of drug-likeness (QED) is 0.560. The molecule has 4 rings (SSSR count). The molecule has 1 heterocycles. The van der Waals surface area contributed by atoms with Crippen molar-refractivity contribution in [2.24, 2.45) is 7.05 Å². The first-order valence-electron chi connectivity index (χ1n) is 8.31. The Balaban J connectivity index is 2.02. The van der Waals surface area contributed by atoms with E-state index in [4.69, 9.17) is 0 Å². The van der Waals surface area contributed by atoms with Gasteiger partial charge in [0.1, 0.15) is 12.9 Å². The highest BCUT2D eigenvalue weighted by Crippen LogP contribution is 2.50. The predicted molar refractivity (Wildman–Crippen MR) is 95.3 cm³/mol. The molecule has 0 atom stereocenters. The van der Waals surface area contributed by atoms with Crippen LogP contribution in [0.3, 0.4) is 0 Å². The van der Waals surface area contributed by atoms with Crippen LogP contribution in [0.15, 0.2) is 54.7 Å². The number of halogens is 1. The van der Waals surface area contributed by atoms with Gasteiger partial charge in [-0.15, -0.1) is 0 Å². The fraction of sp³-hybridized carbons (Fsp3) is 0.227. The molecule has 2 aromatic carbocycles. The van der Waals surface area contributed by atoms with Crippen molar-refractivity contribution >= 4 is 0 Å². The van der Waals surface area contributed by atoms with Crippen molar-refractivity contribution in [2.45, 2.75) is 26.2 Å². The molecule has 2 heteroatoms. The van der Waals surface area contributed by atoms with Gasteiger partial charge in [-0.25, -0.2) is 8.96 Å². The van der Waals surface area contributed by atoms with Gasteiger partial charge in [-0.2, -0.15) is 0 Å². The maximum atomic E-state index is 14.5. The first-order valence-corrected chi connectivity index (χ1v) is 8.31. The Morgan fingerprint density at radius 2 is 1.71 bits per heavy atom. The van der Waals surface area contributed by atoms with Crippen LogP contribution in [0.25, 0.3) is 22.4 Å². The molecule has 1 aromatic heterocycles. The molecule has 1 aliphatic rings. The van der Waals surface area contributed by atoms with Crippen LogP contribution in [-0.4, -0.2) is 0 Å². The molecular formula is C22H21FN+. The Morgan fingerprint density at radius 3 is 2.46 bits per heavy atom. The minimum atomic E-state index is -0.328. The van der Waals surface area contributed by atoms with Crippen LogP contribution in [0.2, 0.25) is 0 Å². The molecule has 0 spiro atoms. The number of hydrogen-bond donors (Lipinski definition) is 0. The number of aromatic nitrogens is 1. The van der Waals surface area contributed by atoms with Crippen LogP contribution in [0.1, 0.15) is 30.5 Å². The second kappa shape index (κ2) is 5.01. The van der Waals surface area contributed by atoms with Gasteiger partial charge in [-0.3, -0.25) is 0 Å². The van der Waals surface area contributed by atoms with E-state index in [1.165, 1.54) is 22.4 Å². The largest absolute Gasteiger partial charge is 0.212 e. The summed E-state index contributed by atoms with van der Waals surface area (Å²) in [6, 6.07) is 16.1. The van der Waals surface area contributed by atoms with Crippen LogP contribution < -0.4 is 4.57 Å². The molecule has 0 N–H and O–H groups in total. The summed E-state index contributed by atoms with van der Waals surface area (Å²) >= 11 is 0. The van der Waals surface area contributed by atoms with Crippen molar-refractivity contribution in [3.05, 3.63) is 77.2 Å². The number of aryl methyl sites for hydroxylation is 2. The number of fused-ring (bicyclic) bond motifs is 3. The molecule has 120 valence electrons. The van der Waals surface area contributed by atoms with Gasteiger partial charge in [0.15, 0.2) is 6.20 Å². The van der Waals surface area contributed by atoms with Gasteiger partial charge >= 0.3 is 0 Å². The smallest absolute Gasteiger partial charge is 0.207 e. The van der Waals surface area contributed by atoms with Gasteiger partial charge in [-0.05, 0) is 47.4 Å². The Kier molecular flexibility index (Phi) is 3.14. The number of nitrogens with zero attached hydrogens (tertiary/aromatic N) is 1. The molecule has 1 nitrogen and oxygen atoms in total. The summed E-state index contributed by atoms with van der Waals surface area (Å²) in [6.45, 7) is 6.36. The Hall–Kier alpha value is -2.48. The van der Waals surface area contributed by atoms with Crippen LogP contribution in [0.5, 0.6) is 0 Å². The zero-order chi connectivity index (χ0) is 17.1. The van der Waals surface area contributed by atoms with Crippen LogP contribution in [0, 0.1) is 12.7 Å². The monoisotopic (exact) mass is 318 g/mol. The average Bonchev–Trinajstić information content (AvgIpc) is 2.76. The van der Waals surface area contributed by atoms with Gasteiger partial charge in [0, 0.05) is 28.7 Å². The molecular weight excluding hydrogens is 297 g/mol. The summed E-state index contributed by atoms with van der Waals surface area (Å²) in [4.78, 5) is 0. The van der Waals surface area contributed by atoms with E-state index in [1.54, 1.807) is 12.1 Å². The molecule has 0 saturated carbocycles. The van der Waals surface area contributed by atoms with Crippen molar-refractivity contribution < 1.29 is 8.96 Å². The minimum absolute atomic E-state index is 0.113. The molecule has 3 aromatic rings. The van der Waals surface area contributed by atoms with E-state index in [-0.39, 0.29) is 11.2 Å². The van der Waals surface area contributed by atoms with Crippen LogP contribution in [0.4, 0.5) is 4.39 Å². The highest BCUT2D eigenvalue weighted by molar-refractivity contribution is 5.84. The predicted octanol–water partition coefficient (Wildman–Crippen LogP) is 4.93. The van der Waals surface area contributed by atoms with Gasteiger partial charge in [0.05, 0.1) is 0 Å². The Bertz CT molecular complexity index is 970. The maximum Gasteiger partial charge on any atom is 0.212 e. The SMILES string of the molecule is Cc1cc2c(cc1-c1cccc[n+]1C)C(C)(C)c1c(F)cccc1-2. The lowest BCUT2D eigenvalue weighted by molar-refractivity contribution is -0.660. The Labute approximate surface area is 142 Å². The highest BCUT2D eigenvalue weighted by atomic mass is 19.1. The lowest BCUT2D eigenvalue weighted by Gasteiger charge is -2.22. The second-order valence-corrected chi connectivity index (χ2v) is 7.20. The van der Waals surface area contributed by atoms with E-state index >= 15 is 0 Å². The normalized spacial score (nSPS) is 14.4. The van der Waals surface area contributed by atoms with E-state index in [0.29, 0.717) is 0 Å². The first kappa shape index (κ1) is 15.1. The van der Waals surface area contributed by atoms with Gasteiger partial charge in [-0.1, -0.05) is 32.0 Å². The summed E-state index contributed by atoms with van der Waals surface area (Å²) in [5.41, 5.74) is 7.47. The van der Waals surface area contributed by atoms with Crippen molar-refractivity contribution in [3.8, 4) is 22.4 Å². The van der Waals surface area contributed by atoms with Gasteiger partial charge in [0.2, 0.25) is 5.69 Å². The van der Waals surface area contributed by atoms with Crippen molar-refractivity contribution in [1.82, 2.24) is 0 Å². The summed E-state index contributed by atoms with van der Waals surface area (Å²) in [5.74, 6) is -0.113. The van der Waals surface area contributed by atoms with Crippen LogP contribution in [-0.2, 0) is 12.5 Å². The summed E-state index contributed by atoms with van der Waals surface area (Å²) in [5, 5.41) is 0. The molecule has 0 unspecified atom stereocenters. The van der Waals surface area contributed by atoms with Gasteiger partial charge in [0.25, 0.3) is 0 Å². The van der Waals surface area contributed by atoms with E-state index in [0.717, 1.165) is 16.7 Å². The third-order valence-electron chi connectivity index (χ3n) is 5.30. The third-order valence-corrected chi connectivity index (χ3v) is 5.30. The molecule has 1 aliphatic carbocycles. The maximum absolute atomic E-state index is 14.5. The third kappa shape index (κ3) is 1.96. The fourth-order valence-corrected chi connectivity index (χ4v) is 4.05. The molecule has 24 heavy (non-hydrogen) atoms. The standard InChI is InChI=1S/C22H21FN/c1-14-12-17-15-8-7-9-19(23)21(15)22(2,3)18(17)13-16(14)20-10-5-6-11-24(20)4/h5-13H,1-4H3/q+1. The topological polar surface area (TPSA) is 3.88 Å². The van der Waals surface area contributed by atoms with E-state index < -0.39 is 0 Å². The molecule has 0 saturated heterocycles. The number of rotatable bonds is 1. The van der Waals surface area contributed by atoms with E-state index in [2.05, 4.69) is 62.8 Å². The minimum Gasteiger partial charge on any atom is -0.207 e. The van der Waals surface area contributed by atoms with E-state index in [9.17, 15) is 4.39 Å². The first-order chi connectivity index (χ1) is 11.4. The molecule has 0 bridgehead atoms. The van der Waals surface area contributed by atoms with Crippen molar-refractivity contribution in [1.29, 1.82) is 0 Å². The molecule has 0 fully saturated rings. The number of hydrogen-bond acceptors (Lipinski definition) is 0. The Morgan fingerprint density at radius 1 is 0.917 bits per heavy atom. The zero-order valence-electron chi connectivity index (χ0n) is 14.5. The van der Waals surface area contributed by atoms with Gasteiger partial charge < -0.3 is 0 Å². The lowest BCUT2D eigenvalue weighted by Crippen LogP contribution is -2.30. The summed E-state index contributed by atoms with van der Waals surface area (Å²) < 4.78 is 16.7. The van der Waals surface area contributed by atoms with Crippen molar-refractivity contribution in [3.63, 3.8) is 0 Å². The molecule has 0 amide bonds. The van der Waals surface area contributed by atoms with E-state index in [1.807, 2.05) is 12.1 Å². The molecule has 0 aliphatic heterocycles. The van der Waals surface area contributed by atoms with Crippen molar-refractivity contribution in [2.75, 3.05) is 0 Å². The summed E-state index contributed by atoms with van der Waals surface area (Å²) in [6.07, 6.45) is 2.06. The average molecular weight is 318 g/mol. The zero-order valence-corrected chi connectivity index (χ0v) is 14.5.